The van der Waals surface area contributed by atoms with Crippen LogP contribution >= 0.6 is 0 Å². The fourth-order valence-corrected chi connectivity index (χ4v) is 4.01. The number of aromatic nitrogens is 1. The number of hydrogen-bond donors (Lipinski definition) is 3. The number of para-hydroxylation sites is 1. The minimum Gasteiger partial charge on any atom is -0.380 e. The molecule has 3 N–H and O–H groups in total. The SMILES string of the molecule is O=C(NCCN1CCCC1)c1cccc(CONC(=O)c2ccccc2NCc2ccncc2)c1. The summed E-state index contributed by atoms with van der Waals surface area (Å²) in [5.41, 5.74) is 6.12. The van der Waals surface area contributed by atoms with Crippen LogP contribution in [0.25, 0.3) is 0 Å². The molecule has 1 aliphatic heterocycles. The molecule has 0 atom stereocenters. The molecular weight excluding hydrogens is 442 g/mol. The van der Waals surface area contributed by atoms with E-state index in [1.54, 1.807) is 36.7 Å². The van der Waals surface area contributed by atoms with Crippen molar-refractivity contribution in [2.75, 3.05) is 31.5 Å². The zero-order valence-corrected chi connectivity index (χ0v) is 19.7. The predicted molar refractivity (Wildman–Crippen MR) is 135 cm³/mol. The largest absolute Gasteiger partial charge is 0.380 e. The van der Waals surface area contributed by atoms with Gasteiger partial charge in [-0.05, 0) is 73.5 Å². The summed E-state index contributed by atoms with van der Waals surface area (Å²) in [7, 11) is 0. The summed E-state index contributed by atoms with van der Waals surface area (Å²) in [6.45, 7) is 4.44. The summed E-state index contributed by atoms with van der Waals surface area (Å²) in [5.74, 6) is -0.456. The molecule has 3 aromatic rings. The highest BCUT2D eigenvalue weighted by molar-refractivity contribution is 5.99. The number of carbonyl (C=O) groups excluding carboxylic acids is 2. The molecule has 1 fully saturated rings. The lowest BCUT2D eigenvalue weighted by molar-refractivity contribution is 0.0234. The van der Waals surface area contributed by atoms with E-state index in [-0.39, 0.29) is 18.4 Å². The number of rotatable bonds is 11. The van der Waals surface area contributed by atoms with Gasteiger partial charge in [0.1, 0.15) is 0 Å². The van der Waals surface area contributed by atoms with Crippen molar-refractivity contribution in [3.05, 3.63) is 95.3 Å². The number of nitrogens with zero attached hydrogens (tertiary/aromatic N) is 2. The van der Waals surface area contributed by atoms with E-state index in [2.05, 4.69) is 26.0 Å². The second-order valence-corrected chi connectivity index (χ2v) is 8.48. The molecule has 0 bridgehead atoms. The van der Waals surface area contributed by atoms with Gasteiger partial charge in [0, 0.05) is 43.3 Å². The first-order valence-corrected chi connectivity index (χ1v) is 11.9. The van der Waals surface area contributed by atoms with Crippen molar-refractivity contribution in [3.8, 4) is 0 Å². The van der Waals surface area contributed by atoms with Crippen LogP contribution in [0, 0.1) is 0 Å². The Morgan fingerprint density at radius 2 is 1.71 bits per heavy atom. The van der Waals surface area contributed by atoms with Crippen LogP contribution in [0.5, 0.6) is 0 Å². The van der Waals surface area contributed by atoms with Gasteiger partial charge >= 0.3 is 0 Å². The smallest absolute Gasteiger partial charge is 0.276 e. The van der Waals surface area contributed by atoms with Crippen LogP contribution < -0.4 is 16.1 Å². The van der Waals surface area contributed by atoms with E-state index in [0.717, 1.165) is 30.8 Å². The molecular formula is C27H31N5O3. The van der Waals surface area contributed by atoms with E-state index in [4.69, 9.17) is 4.84 Å². The topological polar surface area (TPSA) is 95.6 Å². The molecule has 8 nitrogen and oxygen atoms in total. The fourth-order valence-electron chi connectivity index (χ4n) is 4.01. The number of amides is 2. The third-order valence-corrected chi connectivity index (χ3v) is 5.91. The molecule has 35 heavy (non-hydrogen) atoms. The number of carbonyl (C=O) groups is 2. The molecule has 2 amide bonds. The Morgan fingerprint density at radius 1 is 0.914 bits per heavy atom. The summed E-state index contributed by atoms with van der Waals surface area (Å²) in [6, 6.07) is 18.3. The van der Waals surface area contributed by atoms with Crippen molar-refractivity contribution < 1.29 is 14.4 Å². The van der Waals surface area contributed by atoms with Gasteiger partial charge in [-0.25, -0.2) is 5.48 Å². The summed E-state index contributed by atoms with van der Waals surface area (Å²) in [5, 5.41) is 6.26. The molecule has 182 valence electrons. The Balaban J connectivity index is 1.25. The van der Waals surface area contributed by atoms with Crippen LogP contribution in [0.15, 0.2) is 73.1 Å². The van der Waals surface area contributed by atoms with Gasteiger partial charge in [0.25, 0.3) is 11.8 Å². The molecule has 2 heterocycles. The van der Waals surface area contributed by atoms with Crippen LogP contribution in [0.2, 0.25) is 0 Å². The van der Waals surface area contributed by atoms with Crippen LogP contribution in [-0.2, 0) is 18.0 Å². The van der Waals surface area contributed by atoms with Crippen molar-refractivity contribution >= 4 is 17.5 Å². The highest BCUT2D eigenvalue weighted by Crippen LogP contribution is 2.16. The maximum atomic E-state index is 12.7. The Labute approximate surface area is 205 Å². The zero-order valence-electron chi connectivity index (χ0n) is 19.7. The van der Waals surface area contributed by atoms with Gasteiger partial charge in [-0.15, -0.1) is 0 Å². The van der Waals surface area contributed by atoms with E-state index in [1.807, 2.05) is 36.4 Å². The lowest BCUT2D eigenvalue weighted by Crippen LogP contribution is -2.33. The number of hydrogen-bond acceptors (Lipinski definition) is 6. The molecule has 2 aromatic carbocycles. The lowest BCUT2D eigenvalue weighted by Gasteiger charge is -2.15. The Bertz CT molecular complexity index is 1120. The van der Waals surface area contributed by atoms with Crippen molar-refractivity contribution in [2.45, 2.75) is 26.0 Å². The third kappa shape index (κ3) is 7.37. The lowest BCUT2D eigenvalue weighted by atomic mass is 10.1. The highest BCUT2D eigenvalue weighted by atomic mass is 16.6. The average molecular weight is 474 g/mol. The van der Waals surface area contributed by atoms with E-state index in [1.165, 1.54) is 12.8 Å². The monoisotopic (exact) mass is 473 g/mol. The molecule has 0 spiro atoms. The summed E-state index contributed by atoms with van der Waals surface area (Å²) in [4.78, 5) is 37.0. The normalized spacial score (nSPS) is 13.4. The first kappa shape index (κ1) is 24.4. The summed E-state index contributed by atoms with van der Waals surface area (Å²) < 4.78 is 0. The van der Waals surface area contributed by atoms with Crippen molar-refractivity contribution in [1.29, 1.82) is 0 Å². The number of benzene rings is 2. The molecule has 0 saturated carbocycles. The second kappa shape index (κ2) is 12.6. The third-order valence-electron chi connectivity index (χ3n) is 5.91. The van der Waals surface area contributed by atoms with E-state index in [9.17, 15) is 9.59 Å². The van der Waals surface area contributed by atoms with Crippen molar-refractivity contribution in [1.82, 2.24) is 20.7 Å². The van der Waals surface area contributed by atoms with Gasteiger partial charge in [0.05, 0.1) is 12.2 Å². The molecule has 4 rings (SSSR count). The number of anilines is 1. The Hall–Kier alpha value is -3.75. The van der Waals surface area contributed by atoms with Crippen LogP contribution in [0.1, 0.15) is 44.7 Å². The molecule has 0 aliphatic carbocycles. The van der Waals surface area contributed by atoms with Crippen molar-refractivity contribution in [2.24, 2.45) is 0 Å². The van der Waals surface area contributed by atoms with Crippen molar-refractivity contribution in [3.63, 3.8) is 0 Å². The molecule has 1 saturated heterocycles. The number of hydroxylamine groups is 1. The molecule has 8 heteroatoms. The Kier molecular flexibility index (Phi) is 8.80. The minimum absolute atomic E-state index is 0.107. The molecule has 0 radical (unpaired) electrons. The fraction of sp³-hybridized carbons (Fsp3) is 0.296. The van der Waals surface area contributed by atoms with Gasteiger partial charge in [0.15, 0.2) is 0 Å². The van der Waals surface area contributed by atoms with Gasteiger partial charge < -0.3 is 15.5 Å². The van der Waals surface area contributed by atoms with Gasteiger partial charge in [-0.1, -0.05) is 24.3 Å². The zero-order chi connectivity index (χ0) is 24.3. The van der Waals surface area contributed by atoms with Crippen LogP contribution in [0.3, 0.4) is 0 Å². The van der Waals surface area contributed by atoms with Gasteiger partial charge in [-0.3, -0.25) is 19.4 Å². The minimum atomic E-state index is -0.348. The van der Waals surface area contributed by atoms with E-state index >= 15 is 0 Å². The first-order chi connectivity index (χ1) is 17.2. The van der Waals surface area contributed by atoms with Crippen LogP contribution in [-0.4, -0.2) is 47.9 Å². The number of nitrogens with one attached hydrogen (secondary N) is 3. The first-order valence-electron chi connectivity index (χ1n) is 11.9. The molecule has 1 aromatic heterocycles. The summed E-state index contributed by atoms with van der Waals surface area (Å²) >= 11 is 0. The van der Waals surface area contributed by atoms with E-state index in [0.29, 0.717) is 29.9 Å². The second-order valence-electron chi connectivity index (χ2n) is 8.48. The maximum absolute atomic E-state index is 12.7. The average Bonchev–Trinajstić information content (AvgIpc) is 3.42. The van der Waals surface area contributed by atoms with Crippen LogP contribution in [0.4, 0.5) is 5.69 Å². The molecule has 1 aliphatic rings. The highest BCUT2D eigenvalue weighted by Gasteiger charge is 2.13. The standard InChI is InChI=1S/C27H31N5O3/c33-26(29-14-17-32-15-3-4-16-32)23-7-5-6-22(18-23)20-35-31-27(34)24-8-1-2-9-25(24)30-19-21-10-12-28-13-11-21/h1-2,5-13,18,30H,3-4,14-17,19-20H2,(H,29,33)(H,31,34). The van der Waals surface area contributed by atoms with Gasteiger partial charge in [0.2, 0.25) is 0 Å². The van der Waals surface area contributed by atoms with E-state index < -0.39 is 0 Å². The number of likely N-dealkylation sites (tertiary alicyclic amines) is 1. The Morgan fingerprint density at radius 3 is 2.54 bits per heavy atom. The predicted octanol–water partition coefficient (Wildman–Crippen LogP) is 3.38. The number of pyridine rings is 1. The maximum Gasteiger partial charge on any atom is 0.276 e. The molecule has 0 unspecified atom stereocenters. The summed E-state index contributed by atoms with van der Waals surface area (Å²) in [6.07, 6.45) is 5.94. The van der Waals surface area contributed by atoms with Gasteiger partial charge in [-0.2, -0.15) is 0 Å². The quantitative estimate of drug-likeness (QED) is 0.370.